The third-order valence-corrected chi connectivity index (χ3v) is 5.22. The number of nitrogens with zero attached hydrogens (tertiary/aromatic N) is 4. The summed E-state index contributed by atoms with van der Waals surface area (Å²) in [4.78, 5) is 26.7. The molecular weight excluding hydrogens is 378 g/mol. The first kappa shape index (κ1) is 18.2. The van der Waals surface area contributed by atoms with E-state index in [0.29, 0.717) is 29.4 Å². The molecule has 0 fully saturated rings. The Labute approximate surface area is 166 Å². The van der Waals surface area contributed by atoms with Gasteiger partial charge in [-0.05, 0) is 36.2 Å². The predicted octanol–water partition coefficient (Wildman–Crippen LogP) is 2.28. The second kappa shape index (κ2) is 7.09. The molecule has 1 aliphatic rings. The molecule has 8 heteroatoms. The minimum atomic E-state index is -0.724. The quantitative estimate of drug-likeness (QED) is 0.736. The molecule has 0 spiro atoms. The maximum Gasteiger partial charge on any atom is 0.277 e. The Morgan fingerprint density at radius 1 is 1.14 bits per heavy atom. The van der Waals surface area contributed by atoms with Crippen molar-refractivity contribution in [2.75, 3.05) is 0 Å². The van der Waals surface area contributed by atoms with Gasteiger partial charge in [0.15, 0.2) is 5.69 Å². The molecule has 2 heterocycles. The molecule has 3 aromatic rings. The molecule has 1 aromatic heterocycles. The normalized spacial score (nSPS) is 15.9. The van der Waals surface area contributed by atoms with E-state index in [2.05, 4.69) is 10.3 Å². The van der Waals surface area contributed by atoms with E-state index in [1.807, 2.05) is 30.3 Å². The lowest BCUT2D eigenvalue weighted by atomic mass is 9.93. The highest BCUT2D eigenvalue weighted by Crippen LogP contribution is 2.26. The number of amides is 2. The van der Waals surface area contributed by atoms with Crippen molar-refractivity contribution in [3.8, 4) is 5.69 Å². The van der Waals surface area contributed by atoms with Crippen LogP contribution in [0.25, 0.3) is 5.69 Å². The zero-order valence-electron chi connectivity index (χ0n) is 15.2. The van der Waals surface area contributed by atoms with Crippen molar-refractivity contribution in [1.82, 2.24) is 19.9 Å². The molecule has 1 atom stereocenters. The van der Waals surface area contributed by atoms with E-state index in [1.165, 1.54) is 4.90 Å². The van der Waals surface area contributed by atoms with Gasteiger partial charge in [-0.1, -0.05) is 47.1 Å². The molecule has 1 aliphatic heterocycles. The number of carbonyl (C=O) groups is 2. The number of hydrogen-bond acceptors (Lipinski definition) is 4. The summed E-state index contributed by atoms with van der Waals surface area (Å²) in [7, 11) is 0. The van der Waals surface area contributed by atoms with Gasteiger partial charge in [-0.25, -0.2) is 4.68 Å². The van der Waals surface area contributed by atoms with Crippen molar-refractivity contribution in [3.63, 3.8) is 0 Å². The highest BCUT2D eigenvalue weighted by molar-refractivity contribution is 6.30. The lowest BCUT2D eigenvalue weighted by Gasteiger charge is -2.34. The Bertz CT molecular complexity index is 1080. The van der Waals surface area contributed by atoms with Crippen molar-refractivity contribution < 1.29 is 9.59 Å². The highest BCUT2D eigenvalue weighted by Gasteiger charge is 2.35. The summed E-state index contributed by atoms with van der Waals surface area (Å²) in [5, 5.41) is 8.73. The summed E-state index contributed by atoms with van der Waals surface area (Å²) in [5.74, 6) is -0.910. The second-order valence-corrected chi connectivity index (χ2v) is 7.18. The lowest BCUT2D eigenvalue weighted by Crippen LogP contribution is -2.51. The third-order valence-electron chi connectivity index (χ3n) is 4.99. The van der Waals surface area contributed by atoms with Crippen molar-refractivity contribution in [2.24, 2.45) is 5.73 Å². The van der Waals surface area contributed by atoms with E-state index >= 15 is 0 Å². The molecule has 0 radical (unpaired) electrons. The van der Waals surface area contributed by atoms with Crippen LogP contribution in [0.4, 0.5) is 0 Å². The van der Waals surface area contributed by atoms with Crippen LogP contribution in [0.2, 0.25) is 5.02 Å². The summed E-state index contributed by atoms with van der Waals surface area (Å²) >= 11 is 6.05. The first-order valence-corrected chi connectivity index (χ1v) is 9.19. The zero-order chi connectivity index (χ0) is 19.8. The van der Waals surface area contributed by atoms with Gasteiger partial charge in [0.05, 0.1) is 11.4 Å². The van der Waals surface area contributed by atoms with E-state index < -0.39 is 11.9 Å². The van der Waals surface area contributed by atoms with Gasteiger partial charge in [0.2, 0.25) is 5.91 Å². The monoisotopic (exact) mass is 395 g/mol. The Morgan fingerprint density at radius 2 is 1.89 bits per heavy atom. The summed E-state index contributed by atoms with van der Waals surface area (Å²) in [6, 6.07) is 14.1. The molecule has 0 aliphatic carbocycles. The summed E-state index contributed by atoms with van der Waals surface area (Å²) in [6.07, 6.45) is 0.388. The van der Waals surface area contributed by atoms with Crippen LogP contribution in [0.3, 0.4) is 0 Å². The molecule has 0 bridgehead atoms. The van der Waals surface area contributed by atoms with Gasteiger partial charge in [0.1, 0.15) is 6.04 Å². The van der Waals surface area contributed by atoms with Crippen molar-refractivity contribution in [2.45, 2.75) is 25.9 Å². The van der Waals surface area contributed by atoms with Crippen LogP contribution in [0.5, 0.6) is 0 Å². The average Bonchev–Trinajstić information content (AvgIpc) is 3.07. The average molecular weight is 396 g/mol. The van der Waals surface area contributed by atoms with Crippen LogP contribution >= 0.6 is 11.6 Å². The van der Waals surface area contributed by atoms with Crippen LogP contribution in [0.1, 0.15) is 27.3 Å². The molecule has 0 saturated heterocycles. The fourth-order valence-electron chi connectivity index (χ4n) is 3.51. The van der Waals surface area contributed by atoms with E-state index in [1.54, 1.807) is 29.8 Å². The topological polar surface area (TPSA) is 94.1 Å². The van der Waals surface area contributed by atoms with Gasteiger partial charge in [-0.15, -0.1) is 5.10 Å². The second-order valence-electron chi connectivity index (χ2n) is 6.74. The number of primary amides is 1. The molecule has 4 rings (SSSR count). The van der Waals surface area contributed by atoms with Gasteiger partial charge >= 0.3 is 0 Å². The Morgan fingerprint density at radius 3 is 2.61 bits per heavy atom. The van der Waals surface area contributed by atoms with Crippen molar-refractivity contribution in [1.29, 1.82) is 0 Å². The SMILES string of the molecule is Cc1c(C(=O)N2Cc3ccccc3C[C@H]2C(N)=O)nnn1-c1cccc(Cl)c1. The predicted molar refractivity (Wildman–Crippen MR) is 104 cm³/mol. The minimum Gasteiger partial charge on any atom is -0.368 e. The van der Waals surface area contributed by atoms with E-state index in [0.717, 1.165) is 11.1 Å². The zero-order valence-corrected chi connectivity index (χ0v) is 15.9. The summed E-state index contributed by atoms with van der Waals surface area (Å²) in [5.41, 5.74) is 9.06. The van der Waals surface area contributed by atoms with Gasteiger partial charge < -0.3 is 10.6 Å². The van der Waals surface area contributed by atoms with Crippen LogP contribution in [-0.2, 0) is 17.8 Å². The smallest absolute Gasteiger partial charge is 0.277 e. The molecule has 0 saturated carbocycles. The fourth-order valence-corrected chi connectivity index (χ4v) is 3.69. The molecule has 7 nitrogen and oxygen atoms in total. The van der Waals surface area contributed by atoms with Gasteiger partial charge in [-0.2, -0.15) is 0 Å². The van der Waals surface area contributed by atoms with Crippen LogP contribution in [0.15, 0.2) is 48.5 Å². The largest absolute Gasteiger partial charge is 0.368 e. The molecule has 28 heavy (non-hydrogen) atoms. The molecule has 2 aromatic carbocycles. The molecular formula is C20H18ClN5O2. The van der Waals surface area contributed by atoms with E-state index in [4.69, 9.17) is 17.3 Å². The van der Waals surface area contributed by atoms with E-state index in [9.17, 15) is 9.59 Å². The maximum atomic E-state index is 13.2. The Hall–Kier alpha value is -3.19. The molecule has 0 unspecified atom stereocenters. The lowest BCUT2D eigenvalue weighted by molar-refractivity contribution is -0.122. The maximum absolute atomic E-state index is 13.2. The van der Waals surface area contributed by atoms with Gasteiger partial charge in [-0.3, -0.25) is 9.59 Å². The van der Waals surface area contributed by atoms with Gasteiger partial charge in [0, 0.05) is 18.0 Å². The number of nitrogens with two attached hydrogens (primary N) is 1. The molecule has 2 N–H and O–H groups in total. The first-order valence-electron chi connectivity index (χ1n) is 8.81. The van der Waals surface area contributed by atoms with Gasteiger partial charge in [0.25, 0.3) is 5.91 Å². The van der Waals surface area contributed by atoms with Crippen LogP contribution < -0.4 is 5.73 Å². The summed E-state index contributed by atoms with van der Waals surface area (Å²) in [6.45, 7) is 2.05. The number of halogens is 1. The third kappa shape index (κ3) is 3.14. The first-order chi connectivity index (χ1) is 13.5. The number of hydrogen-bond donors (Lipinski definition) is 1. The number of benzene rings is 2. The molecule has 2 amide bonds. The number of aromatic nitrogens is 3. The van der Waals surface area contributed by atoms with Crippen LogP contribution in [0, 0.1) is 6.92 Å². The summed E-state index contributed by atoms with van der Waals surface area (Å²) < 4.78 is 1.55. The van der Waals surface area contributed by atoms with Crippen molar-refractivity contribution >= 4 is 23.4 Å². The number of carbonyl (C=O) groups excluding carboxylic acids is 2. The Balaban J connectivity index is 1.70. The van der Waals surface area contributed by atoms with Crippen LogP contribution in [-0.4, -0.2) is 37.7 Å². The number of rotatable bonds is 3. The Kier molecular flexibility index (Phi) is 4.60. The minimum absolute atomic E-state index is 0.186. The highest BCUT2D eigenvalue weighted by atomic mass is 35.5. The fraction of sp³-hybridized carbons (Fsp3) is 0.200. The van der Waals surface area contributed by atoms with E-state index in [-0.39, 0.29) is 11.6 Å². The molecule has 142 valence electrons. The number of fused-ring (bicyclic) bond motifs is 1. The standard InChI is InChI=1S/C20H18ClN5O2/c1-12-18(23-24-26(12)16-8-4-7-15(21)10-16)20(28)25-11-14-6-3-2-5-13(14)9-17(25)19(22)27/h2-8,10,17H,9,11H2,1H3,(H2,22,27)/t17-/m0/s1. The van der Waals surface area contributed by atoms with Crippen molar-refractivity contribution in [3.05, 3.63) is 76.1 Å².